The summed E-state index contributed by atoms with van der Waals surface area (Å²) >= 11 is 0. The summed E-state index contributed by atoms with van der Waals surface area (Å²) in [5.41, 5.74) is 0. The number of terminal acetylenes is 1. The zero-order chi connectivity index (χ0) is 11.5. The van der Waals surface area contributed by atoms with E-state index in [0.29, 0.717) is 12.2 Å². The van der Waals surface area contributed by atoms with Crippen LogP contribution in [0, 0.1) is 12.3 Å². The summed E-state index contributed by atoms with van der Waals surface area (Å²) in [4.78, 5) is 6.61. The Morgan fingerprint density at radius 1 is 1.73 bits per heavy atom. The zero-order valence-electron chi connectivity index (χ0n) is 8.61. The lowest BCUT2D eigenvalue weighted by Gasteiger charge is -2.06. The third kappa shape index (κ3) is 2.81. The van der Waals surface area contributed by atoms with Gasteiger partial charge in [-0.25, -0.2) is 13.4 Å². The number of nitrogens with one attached hydrogen (secondary N) is 2. The average molecular weight is 227 g/mol. The number of aromatic amines is 1. The van der Waals surface area contributed by atoms with E-state index in [1.807, 2.05) is 6.92 Å². The molecule has 15 heavy (non-hydrogen) atoms. The fourth-order valence-electron chi connectivity index (χ4n) is 0.990. The van der Waals surface area contributed by atoms with Gasteiger partial charge in [-0.15, -0.1) is 6.42 Å². The summed E-state index contributed by atoms with van der Waals surface area (Å²) in [5.74, 6) is 2.92. The van der Waals surface area contributed by atoms with Gasteiger partial charge in [-0.1, -0.05) is 12.8 Å². The lowest BCUT2D eigenvalue weighted by molar-refractivity contribution is 0.574. The minimum Gasteiger partial charge on any atom is -0.332 e. The second-order valence-corrected chi connectivity index (χ2v) is 4.74. The van der Waals surface area contributed by atoms with E-state index in [9.17, 15) is 8.42 Å². The topological polar surface area (TPSA) is 74.8 Å². The van der Waals surface area contributed by atoms with Gasteiger partial charge in [0.25, 0.3) is 10.0 Å². The largest absolute Gasteiger partial charge is 0.332 e. The van der Waals surface area contributed by atoms with Gasteiger partial charge in [0, 0.05) is 6.42 Å². The molecule has 1 rings (SSSR count). The molecular weight excluding hydrogens is 214 g/mol. The van der Waals surface area contributed by atoms with Crippen LogP contribution in [-0.2, 0) is 16.4 Å². The van der Waals surface area contributed by atoms with Crippen molar-refractivity contribution < 1.29 is 8.42 Å². The molecular formula is C9H13N3O2S. The number of sulfonamides is 1. The maximum atomic E-state index is 11.7. The number of rotatable bonds is 4. The number of imidazole rings is 1. The van der Waals surface area contributed by atoms with E-state index >= 15 is 0 Å². The standard InChI is InChI=1S/C9H13N3O2S/c1-4-7(3)12-15(13,14)9-6-10-8(5-2)11-9/h1,6-7,12H,5H2,2-3H3,(H,10,11). The maximum absolute atomic E-state index is 11.7. The minimum absolute atomic E-state index is 0.0430. The van der Waals surface area contributed by atoms with Crippen molar-refractivity contribution in [1.82, 2.24) is 14.7 Å². The molecule has 1 aromatic rings. The van der Waals surface area contributed by atoms with Gasteiger partial charge in [-0.05, 0) is 6.92 Å². The van der Waals surface area contributed by atoms with E-state index in [1.54, 1.807) is 6.92 Å². The molecule has 2 N–H and O–H groups in total. The molecule has 0 radical (unpaired) electrons. The highest BCUT2D eigenvalue weighted by Gasteiger charge is 2.18. The van der Waals surface area contributed by atoms with Crippen LogP contribution >= 0.6 is 0 Å². The van der Waals surface area contributed by atoms with Crippen molar-refractivity contribution in [3.05, 3.63) is 12.0 Å². The van der Waals surface area contributed by atoms with Crippen LogP contribution in [0.25, 0.3) is 0 Å². The molecule has 0 bridgehead atoms. The van der Waals surface area contributed by atoms with Gasteiger partial charge >= 0.3 is 0 Å². The van der Waals surface area contributed by atoms with Crippen molar-refractivity contribution in [2.24, 2.45) is 0 Å². The predicted octanol–water partition coefficient (Wildman–Crippen LogP) is 0.272. The molecule has 1 aromatic heterocycles. The smallest absolute Gasteiger partial charge is 0.258 e. The second kappa shape index (κ2) is 4.47. The molecule has 0 amide bonds. The number of aryl methyl sites for hydroxylation is 1. The second-order valence-electron chi connectivity index (χ2n) is 3.06. The van der Waals surface area contributed by atoms with E-state index in [4.69, 9.17) is 6.42 Å². The summed E-state index contributed by atoms with van der Waals surface area (Å²) in [6.07, 6.45) is 7.02. The fraction of sp³-hybridized carbons (Fsp3) is 0.444. The summed E-state index contributed by atoms with van der Waals surface area (Å²) in [5, 5.41) is 0.0430. The van der Waals surface area contributed by atoms with Crippen LogP contribution in [0.15, 0.2) is 11.2 Å². The average Bonchev–Trinajstić information content (AvgIpc) is 2.65. The monoisotopic (exact) mass is 227 g/mol. The SMILES string of the molecule is C#CC(C)NS(=O)(=O)c1cnc(CC)[nH]1. The molecule has 1 atom stereocenters. The van der Waals surface area contributed by atoms with Crippen LogP contribution in [0.3, 0.4) is 0 Å². The quantitative estimate of drug-likeness (QED) is 0.725. The Kier molecular flexibility index (Phi) is 3.50. The normalized spacial score (nSPS) is 13.4. The highest BCUT2D eigenvalue weighted by Crippen LogP contribution is 2.06. The van der Waals surface area contributed by atoms with E-state index < -0.39 is 16.1 Å². The van der Waals surface area contributed by atoms with E-state index in [2.05, 4.69) is 20.6 Å². The summed E-state index contributed by atoms with van der Waals surface area (Å²) in [6.45, 7) is 3.47. The molecule has 0 fully saturated rings. The van der Waals surface area contributed by atoms with Crippen LogP contribution in [-0.4, -0.2) is 24.4 Å². The number of aromatic nitrogens is 2. The number of nitrogens with zero attached hydrogens (tertiary/aromatic N) is 1. The maximum Gasteiger partial charge on any atom is 0.258 e. The number of hydrogen-bond acceptors (Lipinski definition) is 3. The Bertz CT molecular complexity index is 470. The minimum atomic E-state index is -3.57. The molecule has 0 saturated carbocycles. The Morgan fingerprint density at radius 3 is 2.87 bits per heavy atom. The summed E-state index contributed by atoms with van der Waals surface area (Å²) in [7, 11) is -3.57. The Balaban J connectivity index is 2.92. The van der Waals surface area contributed by atoms with Gasteiger partial charge < -0.3 is 4.98 Å². The van der Waals surface area contributed by atoms with Crippen LogP contribution < -0.4 is 4.72 Å². The molecule has 0 aliphatic carbocycles. The molecule has 0 aliphatic heterocycles. The Hall–Kier alpha value is -1.32. The first-order valence-electron chi connectivity index (χ1n) is 4.52. The number of H-pyrrole nitrogens is 1. The third-order valence-corrected chi connectivity index (χ3v) is 3.26. The molecule has 6 heteroatoms. The van der Waals surface area contributed by atoms with Gasteiger partial charge in [-0.2, -0.15) is 4.72 Å². The van der Waals surface area contributed by atoms with Crippen molar-refractivity contribution in [3.8, 4) is 12.3 Å². The third-order valence-electron chi connectivity index (χ3n) is 1.81. The lowest BCUT2D eigenvalue weighted by Crippen LogP contribution is -2.31. The van der Waals surface area contributed by atoms with E-state index in [-0.39, 0.29) is 5.03 Å². The summed E-state index contributed by atoms with van der Waals surface area (Å²) in [6, 6.07) is -0.539. The van der Waals surface area contributed by atoms with E-state index in [0.717, 1.165) is 0 Å². The van der Waals surface area contributed by atoms with Gasteiger partial charge in [0.05, 0.1) is 12.2 Å². The first kappa shape index (κ1) is 11.8. The molecule has 82 valence electrons. The van der Waals surface area contributed by atoms with Crippen molar-refractivity contribution in [2.75, 3.05) is 0 Å². The van der Waals surface area contributed by atoms with Gasteiger partial charge in [0.1, 0.15) is 5.82 Å². The molecule has 0 aromatic carbocycles. The van der Waals surface area contributed by atoms with Gasteiger partial charge in [0.2, 0.25) is 0 Å². The predicted molar refractivity (Wildman–Crippen MR) is 56.6 cm³/mol. The molecule has 0 aliphatic rings. The van der Waals surface area contributed by atoms with Crippen molar-refractivity contribution >= 4 is 10.0 Å². The van der Waals surface area contributed by atoms with Crippen molar-refractivity contribution in [3.63, 3.8) is 0 Å². The summed E-state index contributed by atoms with van der Waals surface area (Å²) < 4.78 is 25.6. The molecule has 0 spiro atoms. The lowest BCUT2D eigenvalue weighted by atomic mass is 10.4. The zero-order valence-corrected chi connectivity index (χ0v) is 9.43. The van der Waals surface area contributed by atoms with Crippen molar-refractivity contribution in [2.45, 2.75) is 31.3 Å². The molecule has 1 unspecified atom stereocenters. The molecule has 0 saturated heterocycles. The van der Waals surface area contributed by atoms with Gasteiger partial charge in [-0.3, -0.25) is 0 Å². The Labute approximate surface area is 89.4 Å². The highest BCUT2D eigenvalue weighted by atomic mass is 32.2. The van der Waals surface area contributed by atoms with Crippen LogP contribution in [0.5, 0.6) is 0 Å². The van der Waals surface area contributed by atoms with Gasteiger partial charge in [0.15, 0.2) is 5.03 Å². The number of hydrogen-bond donors (Lipinski definition) is 2. The highest BCUT2D eigenvalue weighted by molar-refractivity contribution is 7.89. The van der Waals surface area contributed by atoms with Crippen LogP contribution in [0.4, 0.5) is 0 Å². The molecule has 1 heterocycles. The van der Waals surface area contributed by atoms with Crippen LogP contribution in [0.1, 0.15) is 19.7 Å². The first-order chi connectivity index (χ1) is 6.99. The fourth-order valence-corrected chi connectivity index (χ4v) is 2.09. The molecule has 5 nitrogen and oxygen atoms in total. The Morgan fingerprint density at radius 2 is 2.40 bits per heavy atom. The van der Waals surface area contributed by atoms with Crippen molar-refractivity contribution in [1.29, 1.82) is 0 Å². The van der Waals surface area contributed by atoms with E-state index in [1.165, 1.54) is 6.20 Å². The first-order valence-corrected chi connectivity index (χ1v) is 6.00. The van der Waals surface area contributed by atoms with Crippen LogP contribution in [0.2, 0.25) is 0 Å².